The molecule has 2 aromatic heterocycles. The molecular formula is C19H20N4O3. The average Bonchev–Trinajstić information content (AvgIpc) is 2.96. The molecule has 7 nitrogen and oxygen atoms in total. The second-order valence-electron chi connectivity index (χ2n) is 6.07. The third kappa shape index (κ3) is 3.62. The highest BCUT2D eigenvalue weighted by Gasteiger charge is 2.17. The summed E-state index contributed by atoms with van der Waals surface area (Å²) in [6, 6.07) is 9.48. The second-order valence-corrected chi connectivity index (χ2v) is 6.07. The van der Waals surface area contributed by atoms with Crippen LogP contribution < -0.4 is 0 Å². The zero-order valence-electron chi connectivity index (χ0n) is 14.9. The fourth-order valence-electron chi connectivity index (χ4n) is 2.83. The van der Waals surface area contributed by atoms with Crippen molar-refractivity contribution < 1.29 is 14.6 Å². The molecule has 134 valence electrons. The molecule has 0 bridgehead atoms. The van der Waals surface area contributed by atoms with Crippen molar-refractivity contribution in [3.63, 3.8) is 0 Å². The number of rotatable bonds is 5. The van der Waals surface area contributed by atoms with E-state index >= 15 is 0 Å². The van der Waals surface area contributed by atoms with Crippen LogP contribution in [0.3, 0.4) is 0 Å². The van der Waals surface area contributed by atoms with Crippen molar-refractivity contribution in [2.24, 2.45) is 10.2 Å². The molecule has 0 fully saturated rings. The number of hydrogen-bond donors (Lipinski definition) is 1. The number of ether oxygens (including phenoxy) is 1. The van der Waals surface area contributed by atoms with Crippen LogP contribution >= 0.6 is 0 Å². The molecule has 0 amide bonds. The smallest absolute Gasteiger partial charge is 0.311 e. The van der Waals surface area contributed by atoms with Gasteiger partial charge in [0, 0.05) is 11.8 Å². The highest BCUT2D eigenvalue weighted by atomic mass is 16.5. The van der Waals surface area contributed by atoms with Gasteiger partial charge in [-0.25, -0.2) is 4.98 Å². The molecule has 1 aromatic carbocycles. The van der Waals surface area contributed by atoms with E-state index in [-0.39, 0.29) is 13.0 Å². The van der Waals surface area contributed by atoms with Crippen molar-refractivity contribution in [2.75, 3.05) is 7.11 Å². The quantitative estimate of drug-likeness (QED) is 0.561. The van der Waals surface area contributed by atoms with E-state index in [0.29, 0.717) is 22.7 Å². The average molecular weight is 352 g/mol. The molecule has 0 saturated heterocycles. The number of imidazole rings is 1. The molecule has 0 aliphatic rings. The van der Waals surface area contributed by atoms with Gasteiger partial charge in [-0.3, -0.25) is 9.20 Å². The third-order valence-electron chi connectivity index (χ3n) is 3.95. The highest BCUT2D eigenvalue weighted by Crippen LogP contribution is 2.27. The van der Waals surface area contributed by atoms with Gasteiger partial charge in [0.05, 0.1) is 31.5 Å². The highest BCUT2D eigenvalue weighted by molar-refractivity contribution is 5.74. The summed E-state index contributed by atoms with van der Waals surface area (Å²) in [5.41, 5.74) is 4.55. The Kier molecular flexibility index (Phi) is 5.09. The summed E-state index contributed by atoms with van der Waals surface area (Å²) in [5, 5.41) is 18.2. The van der Waals surface area contributed by atoms with Gasteiger partial charge in [-0.15, -0.1) is 10.2 Å². The Bertz CT molecular complexity index is 972. The maximum atomic E-state index is 11.7. The zero-order valence-corrected chi connectivity index (χ0v) is 14.9. The third-order valence-corrected chi connectivity index (χ3v) is 3.95. The minimum Gasteiger partial charge on any atom is -0.469 e. The minimum absolute atomic E-state index is 0.0236. The van der Waals surface area contributed by atoms with E-state index in [1.165, 1.54) is 7.11 Å². The number of benzene rings is 1. The van der Waals surface area contributed by atoms with Crippen LogP contribution in [-0.2, 0) is 22.6 Å². The van der Waals surface area contributed by atoms with Crippen LogP contribution in [0.25, 0.3) is 5.65 Å². The Hall–Kier alpha value is -3.06. The van der Waals surface area contributed by atoms with Crippen molar-refractivity contribution >= 4 is 23.1 Å². The molecule has 0 unspecified atom stereocenters. The van der Waals surface area contributed by atoms with E-state index in [9.17, 15) is 9.90 Å². The van der Waals surface area contributed by atoms with Gasteiger partial charge in [0.25, 0.3) is 0 Å². The number of fused-ring (bicyclic) bond motifs is 1. The van der Waals surface area contributed by atoms with Crippen molar-refractivity contribution in [1.29, 1.82) is 0 Å². The molecule has 0 atom stereocenters. The molecule has 0 saturated carbocycles. The monoisotopic (exact) mass is 352 g/mol. The Balaban J connectivity index is 2.11. The van der Waals surface area contributed by atoms with Crippen LogP contribution in [0.4, 0.5) is 11.5 Å². The molecule has 26 heavy (non-hydrogen) atoms. The van der Waals surface area contributed by atoms with Gasteiger partial charge in [-0.05, 0) is 43.2 Å². The fraction of sp³-hybridized carbons (Fsp3) is 0.263. The van der Waals surface area contributed by atoms with Gasteiger partial charge in [0.15, 0.2) is 5.82 Å². The van der Waals surface area contributed by atoms with E-state index in [0.717, 1.165) is 16.8 Å². The van der Waals surface area contributed by atoms with E-state index in [2.05, 4.69) is 21.3 Å². The van der Waals surface area contributed by atoms with Crippen LogP contribution in [0.2, 0.25) is 0 Å². The number of carbonyl (C=O) groups is 1. The standard InChI is InChI=1S/C19H20N4O3/c1-12-7-13(2)9-15(8-12)21-22-19-16(10-17(25)26-3)20-18-14(11-24)5-4-6-23(18)19/h4-9,24H,10-11H2,1-3H3. The first kappa shape index (κ1) is 17.8. The van der Waals surface area contributed by atoms with Crippen LogP contribution in [0, 0.1) is 13.8 Å². The van der Waals surface area contributed by atoms with E-state index < -0.39 is 5.97 Å². The summed E-state index contributed by atoms with van der Waals surface area (Å²) in [6.45, 7) is 3.83. The van der Waals surface area contributed by atoms with E-state index in [4.69, 9.17) is 4.74 Å². The number of aryl methyl sites for hydroxylation is 2. The van der Waals surface area contributed by atoms with Crippen molar-refractivity contribution in [1.82, 2.24) is 9.38 Å². The lowest BCUT2D eigenvalue weighted by Gasteiger charge is -2.01. The number of aromatic nitrogens is 2. The maximum absolute atomic E-state index is 11.7. The normalized spacial score (nSPS) is 11.4. The van der Waals surface area contributed by atoms with Gasteiger partial charge in [0.1, 0.15) is 5.65 Å². The summed E-state index contributed by atoms with van der Waals surface area (Å²) < 4.78 is 6.46. The number of carbonyl (C=O) groups excluding carboxylic acids is 1. The van der Waals surface area contributed by atoms with Crippen LogP contribution in [0.15, 0.2) is 46.8 Å². The number of azo groups is 1. The van der Waals surface area contributed by atoms with Gasteiger partial charge in [0.2, 0.25) is 0 Å². The predicted molar refractivity (Wildman–Crippen MR) is 96.9 cm³/mol. The Morgan fingerprint density at radius 1 is 1.23 bits per heavy atom. The Morgan fingerprint density at radius 2 is 1.96 bits per heavy atom. The van der Waals surface area contributed by atoms with Crippen molar-refractivity contribution in [2.45, 2.75) is 26.9 Å². The number of esters is 1. The van der Waals surface area contributed by atoms with Gasteiger partial charge >= 0.3 is 5.97 Å². The fourth-order valence-corrected chi connectivity index (χ4v) is 2.83. The lowest BCUT2D eigenvalue weighted by molar-refractivity contribution is -0.139. The number of hydrogen-bond acceptors (Lipinski definition) is 6. The molecule has 2 heterocycles. The first-order valence-electron chi connectivity index (χ1n) is 8.18. The lowest BCUT2D eigenvalue weighted by atomic mass is 10.1. The molecule has 0 radical (unpaired) electrons. The number of aliphatic hydroxyl groups is 1. The first-order valence-corrected chi connectivity index (χ1v) is 8.18. The topological polar surface area (TPSA) is 88.5 Å². The van der Waals surface area contributed by atoms with E-state index in [1.807, 2.05) is 26.0 Å². The molecule has 0 aliphatic heterocycles. The van der Waals surface area contributed by atoms with Gasteiger partial charge < -0.3 is 9.84 Å². The molecule has 1 N–H and O–H groups in total. The van der Waals surface area contributed by atoms with Crippen LogP contribution in [0.5, 0.6) is 0 Å². The summed E-state index contributed by atoms with van der Waals surface area (Å²) in [7, 11) is 1.33. The summed E-state index contributed by atoms with van der Waals surface area (Å²) >= 11 is 0. The van der Waals surface area contributed by atoms with Crippen LogP contribution in [0.1, 0.15) is 22.4 Å². The Labute approximate surface area is 151 Å². The molecule has 3 rings (SSSR count). The van der Waals surface area contributed by atoms with Crippen LogP contribution in [-0.4, -0.2) is 27.6 Å². The molecular weight excluding hydrogens is 332 g/mol. The zero-order chi connectivity index (χ0) is 18.7. The van der Waals surface area contributed by atoms with Gasteiger partial charge in [-0.2, -0.15) is 0 Å². The van der Waals surface area contributed by atoms with Crippen molar-refractivity contribution in [3.8, 4) is 0 Å². The van der Waals surface area contributed by atoms with E-state index in [1.54, 1.807) is 22.7 Å². The summed E-state index contributed by atoms with van der Waals surface area (Å²) in [6.07, 6.45) is 1.75. The number of nitrogens with zero attached hydrogens (tertiary/aromatic N) is 4. The molecule has 3 aromatic rings. The maximum Gasteiger partial charge on any atom is 0.311 e. The number of aliphatic hydroxyl groups excluding tert-OH is 1. The minimum atomic E-state index is -0.415. The molecule has 0 spiro atoms. The molecule has 7 heteroatoms. The number of pyridine rings is 1. The largest absolute Gasteiger partial charge is 0.469 e. The SMILES string of the molecule is COC(=O)Cc1nc2c(CO)cccn2c1N=Nc1cc(C)cc(C)c1. The second kappa shape index (κ2) is 7.45. The summed E-state index contributed by atoms with van der Waals surface area (Å²) in [4.78, 5) is 16.2. The predicted octanol–water partition coefficient (Wildman–Crippen LogP) is 3.57. The lowest BCUT2D eigenvalue weighted by Crippen LogP contribution is -2.04. The Morgan fingerprint density at radius 3 is 2.62 bits per heavy atom. The van der Waals surface area contributed by atoms with Gasteiger partial charge in [-0.1, -0.05) is 12.1 Å². The van der Waals surface area contributed by atoms with Crippen molar-refractivity contribution in [3.05, 3.63) is 58.9 Å². The first-order chi connectivity index (χ1) is 12.5. The summed E-state index contributed by atoms with van der Waals surface area (Å²) in [5.74, 6) is 0.0293. The number of methoxy groups -OCH3 is 1. The molecule has 0 aliphatic carbocycles.